The molecule has 0 aromatic heterocycles. The van der Waals surface area contributed by atoms with Gasteiger partial charge in [-0.2, -0.15) is 0 Å². The molecule has 2 aliphatic heterocycles. The van der Waals surface area contributed by atoms with Crippen LogP contribution in [0.2, 0.25) is 15.1 Å². The number of rotatable bonds is 8. The van der Waals surface area contributed by atoms with Crippen molar-refractivity contribution < 1.29 is 14.3 Å². The minimum Gasteiger partial charge on any atom is -0.379 e. The molecule has 2 fully saturated rings. The molecule has 7 nitrogen and oxygen atoms in total. The van der Waals surface area contributed by atoms with Crippen molar-refractivity contribution in [2.24, 2.45) is 0 Å². The van der Waals surface area contributed by atoms with E-state index in [1.807, 2.05) is 47.4 Å². The zero-order chi connectivity index (χ0) is 28.1. The maximum atomic E-state index is 13.7. The van der Waals surface area contributed by atoms with Crippen molar-refractivity contribution >= 4 is 57.4 Å². The second-order valence-corrected chi connectivity index (χ2v) is 11.7. The predicted octanol–water partition coefficient (Wildman–Crippen LogP) is 5.01. The highest BCUT2D eigenvalue weighted by molar-refractivity contribution is 6.34. The Bertz CT molecular complexity index is 1350. The Morgan fingerprint density at radius 2 is 1.65 bits per heavy atom. The van der Waals surface area contributed by atoms with Crippen molar-refractivity contribution in [3.8, 4) is 0 Å². The van der Waals surface area contributed by atoms with E-state index in [2.05, 4.69) is 15.5 Å². The van der Waals surface area contributed by atoms with E-state index in [0.29, 0.717) is 66.3 Å². The van der Waals surface area contributed by atoms with Crippen LogP contribution in [-0.2, 0) is 16.1 Å². The molecular formula is C30H33Cl3N4O3. The molecule has 0 saturated carbocycles. The summed E-state index contributed by atoms with van der Waals surface area (Å²) >= 11 is 18.5. The highest BCUT2D eigenvalue weighted by Crippen LogP contribution is 2.23. The summed E-state index contributed by atoms with van der Waals surface area (Å²) < 4.78 is 5.47. The zero-order valence-corrected chi connectivity index (χ0v) is 24.4. The lowest BCUT2D eigenvalue weighted by molar-refractivity contribution is -0.133. The number of benzene rings is 3. The van der Waals surface area contributed by atoms with Gasteiger partial charge in [-0.15, -0.1) is 0 Å². The molecule has 3 aromatic rings. The number of nitrogens with one attached hydrogen (secondary N) is 2. The molecule has 2 amide bonds. The summed E-state index contributed by atoms with van der Waals surface area (Å²) in [5, 5.41) is 10.3. The van der Waals surface area contributed by atoms with Crippen molar-refractivity contribution in [3.05, 3.63) is 80.8 Å². The molecule has 0 spiro atoms. The number of nitrogens with zero attached hydrogens (tertiary/aromatic N) is 2. The van der Waals surface area contributed by atoms with Gasteiger partial charge in [-0.3, -0.25) is 14.5 Å². The fraction of sp³-hybridized carbons (Fsp3) is 0.400. The Morgan fingerprint density at radius 3 is 2.42 bits per heavy atom. The molecule has 212 valence electrons. The molecular weight excluding hydrogens is 571 g/mol. The summed E-state index contributed by atoms with van der Waals surface area (Å²) in [6, 6.07) is 16.1. The van der Waals surface area contributed by atoms with Gasteiger partial charge in [0.25, 0.3) is 5.91 Å². The van der Waals surface area contributed by atoms with Crippen LogP contribution in [0.4, 0.5) is 0 Å². The average molecular weight is 604 g/mol. The quantitative estimate of drug-likeness (QED) is 0.379. The maximum absolute atomic E-state index is 13.7. The van der Waals surface area contributed by atoms with Crippen molar-refractivity contribution in [2.45, 2.75) is 31.5 Å². The summed E-state index contributed by atoms with van der Waals surface area (Å²) in [5.74, 6) is -0.101. The number of halogens is 3. The summed E-state index contributed by atoms with van der Waals surface area (Å²) in [4.78, 5) is 30.9. The molecule has 10 heteroatoms. The normalized spacial score (nSPS) is 20.5. The number of morpholine rings is 1. The number of fused-ring (bicyclic) bond motifs is 1. The van der Waals surface area contributed by atoms with Crippen LogP contribution in [0.15, 0.2) is 54.6 Å². The number of ether oxygens (including phenoxy) is 1. The second-order valence-electron chi connectivity index (χ2n) is 10.4. The fourth-order valence-electron chi connectivity index (χ4n) is 5.34. The van der Waals surface area contributed by atoms with Gasteiger partial charge in [0.1, 0.15) is 0 Å². The topological polar surface area (TPSA) is 73.9 Å². The SMILES string of the molecule is O=C(NC[C@@H]1CCN(Cc2cc(Cl)cc(Cl)c2)C(=O)[C@H](CCN2CCOCC2)N1)c1ccc2cc(Cl)ccc2c1. The first-order valence-corrected chi connectivity index (χ1v) is 14.7. The van der Waals surface area contributed by atoms with Gasteiger partial charge >= 0.3 is 0 Å². The Morgan fingerprint density at radius 1 is 0.925 bits per heavy atom. The molecule has 40 heavy (non-hydrogen) atoms. The predicted molar refractivity (Wildman–Crippen MR) is 160 cm³/mol. The Labute approximate surface area is 249 Å². The monoisotopic (exact) mass is 602 g/mol. The first kappa shape index (κ1) is 29.1. The van der Waals surface area contributed by atoms with Gasteiger partial charge < -0.3 is 20.3 Å². The largest absolute Gasteiger partial charge is 0.379 e. The van der Waals surface area contributed by atoms with Crippen LogP contribution in [0, 0.1) is 0 Å². The first-order valence-electron chi connectivity index (χ1n) is 13.6. The summed E-state index contributed by atoms with van der Waals surface area (Å²) in [5.41, 5.74) is 1.48. The first-order chi connectivity index (χ1) is 19.3. The van der Waals surface area contributed by atoms with Crippen LogP contribution in [0.5, 0.6) is 0 Å². The molecule has 2 saturated heterocycles. The van der Waals surface area contributed by atoms with Crippen LogP contribution in [-0.4, -0.2) is 79.6 Å². The lowest BCUT2D eigenvalue weighted by Crippen LogP contribution is -2.50. The van der Waals surface area contributed by atoms with E-state index in [-0.39, 0.29) is 23.9 Å². The standard InChI is InChI=1S/C30H33Cl3N4O3/c31-24-4-3-21-15-23(2-1-22(21)16-24)29(38)34-18-27-5-8-37(19-20-13-25(32)17-26(33)14-20)30(39)28(35-27)6-7-36-9-11-40-12-10-36/h1-4,13-17,27-28,35H,5-12,18-19H2,(H,34,38)/t27-,28-/m0/s1. The molecule has 2 atom stereocenters. The van der Waals surface area contributed by atoms with E-state index in [9.17, 15) is 9.59 Å². The highest BCUT2D eigenvalue weighted by atomic mass is 35.5. The molecule has 2 aliphatic rings. The van der Waals surface area contributed by atoms with E-state index in [1.54, 1.807) is 12.1 Å². The van der Waals surface area contributed by atoms with Gasteiger partial charge in [0, 0.05) is 65.9 Å². The number of carbonyl (C=O) groups is 2. The number of carbonyl (C=O) groups excluding carboxylic acids is 2. The van der Waals surface area contributed by atoms with E-state index < -0.39 is 0 Å². The molecule has 2 heterocycles. The third-order valence-electron chi connectivity index (χ3n) is 7.50. The zero-order valence-electron chi connectivity index (χ0n) is 22.2. The third-order valence-corrected chi connectivity index (χ3v) is 8.17. The van der Waals surface area contributed by atoms with Crippen LogP contribution in [0.3, 0.4) is 0 Å². The van der Waals surface area contributed by atoms with Crippen LogP contribution in [0.25, 0.3) is 10.8 Å². The third kappa shape index (κ3) is 7.66. The Balaban J connectivity index is 1.26. The average Bonchev–Trinajstić information content (AvgIpc) is 3.08. The fourth-order valence-corrected chi connectivity index (χ4v) is 6.09. The van der Waals surface area contributed by atoms with Crippen molar-refractivity contribution in [1.82, 2.24) is 20.4 Å². The Kier molecular flexibility index (Phi) is 9.84. The molecule has 2 N–H and O–H groups in total. The van der Waals surface area contributed by atoms with Gasteiger partial charge in [-0.05, 0) is 71.6 Å². The molecule has 3 aromatic carbocycles. The maximum Gasteiger partial charge on any atom is 0.251 e. The van der Waals surface area contributed by atoms with Gasteiger partial charge in [-0.25, -0.2) is 0 Å². The number of amides is 2. The second kappa shape index (κ2) is 13.5. The summed E-state index contributed by atoms with van der Waals surface area (Å²) in [6.45, 7) is 5.34. The van der Waals surface area contributed by atoms with Crippen LogP contribution in [0.1, 0.15) is 28.8 Å². The van der Waals surface area contributed by atoms with Crippen molar-refractivity contribution in [1.29, 1.82) is 0 Å². The summed E-state index contributed by atoms with van der Waals surface area (Å²) in [6.07, 6.45) is 1.37. The molecule has 0 bridgehead atoms. The van der Waals surface area contributed by atoms with Gasteiger partial charge in [-0.1, -0.05) is 46.9 Å². The minimum atomic E-state index is -0.368. The molecule has 0 aliphatic carbocycles. The van der Waals surface area contributed by atoms with Crippen LogP contribution >= 0.6 is 34.8 Å². The van der Waals surface area contributed by atoms with E-state index in [1.165, 1.54) is 0 Å². The highest BCUT2D eigenvalue weighted by Gasteiger charge is 2.31. The number of hydrogen-bond acceptors (Lipinski definition) is 5. The minimum absolute atomic E-state index is 0.0476. The lowest BCUT2D eigenvalue weighted by Gasteiger charge is -2.30. The molecule has 5 rings (SSSR count). The van der Waals surface area contributed by atoms with E-state index in [0.717, 1.165) is 36.0 Å². The number of hydrogen-bond donors (Lipinski definition) is 2. The molecule has 0 unspecified atom stereocenters. The van der Waals surface area contributed by atoms with E-state index >= 15 is 0 Å². The van der Waals surface area contributed by atoms with Crippen molar-refractivity contribution in [2.75, 3.05) is 45.9 Å². The smallest absolute Gasteiger partial charge is 0.251 e. The van der Waals surface area contributed by atoms with Gasteiger partial charge in [0.2, 0.25) is 5.91 Å². The van der Waals surface area contributed by atoms with Crippen molar-refractivity contribution in [3.63, 3.8) is 0 Å². The Hall–Kier alpha value is -2.39. The van der Waals surface area contributed by atoms with Gasteiger partial charge in [0.05, 0.1) is 19.3 Å². The lowest BCUT2D eigenvalue weighted by atomic mass is 10.1. The van der Waals surface area contributed by atoms with E-state index in [4.69, 9.17) is 39.5 Å². The van der Waals surface area contributed by atoms with Crippen LogP contribution < -0.4 is 10.6 Å². The van der Waals surface area contributed by atoms with Gasteiger partial charge in [0.15, 0.2) is 0 Å². The summed E-state index contributed by atoms with van der Waals surface area (Å²) in [7, 11) is 0. The molecule has 0 radical (unpaired) electrons.